The number of hydrogen-bond acceptors (Lipinski definition) is 2. The van der Waals surface area contributed by atoms with Gasteiger partial charge in [-0.25, -0.2) is 0 Å². The summed E-state index contributed by atoms with van der Waals surface area (Å²) < 4.78 is 0. The Balaban J connectivity index is 1.51. The zero-order chi connectivity index (χ0) is 13.1. The molecule has 2 aliphatic rings. The second kappa shape index (κ2) is 6.06. The van der Waals surface area contributed by atoms with Crippen LogP contribution in [0.25, 0.3) is 0 Å². The Morgan fingerprint density at radius 2 is 1.68 bits per heavy atom. The Hall–Kier alpha value is -0.860. The molecule has 1 fully saturated rings. The fraction of sp³-hybridized carbons (Fsp3) is 0.647. The molecule has 0 saturated heterocycles. The van der Waals surface area contributed by atoms with Gasteiger partial charge in [-0.15, -0.1) is 0 Å². The third-order valence-electron chi connectivity index (χ3n) is 4.76. The van der Waals surface area contributed by atoms with Crippen molar-refractivity contribution >= 4 is 0 Å². The molecule has 104 valence electrons. The summed E-state index contributed by atoms with van der Waals surface area (Å²) in [6, 6.07) is 10.5. The predicted octanol–water partition coefficient (Wildman–Crippen LogP) is 3.31. The average molecular weight is 258 g/mol. The van der Waals surface area contributed by atoms with Gasteiger partial charge in [0.05, 0.1) is 0 Å². The van der Waals surface area contributed by atoms with Crippen LogP contribution < -0.4 is 5.32 Å². The molecule has 1 aromatic rings. The maximum atomic E-state index is 3.68. The van der Waals surface area contributed by atoms with E-state index in [1.165, 1.54) is 51.7 Å². The van der Waals surface area contributed by atoms with Gasteiger partial charge in [-0.2, -0.15) is 0 Å². The highest BCUT2D eigenvalue weighted by molar-refractivity contribution is 5.30. The minimum absolute atomic E-state index is 0.779. The van der Waals surface area contributed by atoms with Crippen molar-refractivity contribution in [2.75, 3.05) is 6.54 Å². The van der Waals surface area contributed by atoms with Crippen LogP contribution in [0.3, 0.4) is 0 Å². The lowest BCUT2D eigenvalue weighted by Gasteiger charge is -2.34. The molecule has 1 aliphatic heterocycles. The third kappa shape index (κ3) is 3.01. The van der Waals surface area contributed by atoms with Crippen molar-refractivity contribution in [2.45, 2.75) is 64.2 Å². The van der Waals surface area contributed by atoms with Crippen LogP contribution in [0.2, 0.25) is 0 Å². The van der Waals surface area contributed by atoms with Gasteiger partial charge in [-0.1, -0.05) is 31.2 Å². The van der Waals surface area contributed by atoms with E-state index in [1.54, 1.807) is 11.1 Å². The molecule has 0 atom stereocenters. The van der Waals surface area contributed by atoms with Gasteiger partial charge in [0.15, 0.2) is 0 Å². The van der Waals surface area contributed by atoms with Crippen molar-refractivity contribution < 1.29 is 0 Å². The van der Waals surface area contributed by atoms with Crippen LogP contribution in [-0.2, 0) is 13.1 Å². The lowest BCUT2D eigenvalue weighted by atomic mass is 9.90. The lowest BCUT2D eigenvalue weighted by molar-refractivity contribution is 0.143. The van der Waals surface area contributed by atoms with Crippen LogP contribution in [0.1, 0.15) is 50.2 Å². The van der Waals surface area contributed by atoms with Gasteiger partial charge in [-0.05, 0) is 49.8 Å². The van der Waals surface area contributed by atoms with Gasteiger partial charge in [0.2, 0.25) is 0 Å². The molecule has 3 rings (SSSR count). The molecule has 1 saturated carbocycles. The van der Waals surface area contributed by atoms with E-state index >= 15 is 0 Å². The summed E-state index contributed by atoms with van der Waals surface area (Å²) in [6.07, 6.45) is 6.71. The van der Waals surface area contributed by atoms with E-state index in [0.717, 1.165) is 12.1 Å². The molecule has 0 amide bonds. The topological polar surface area (TPSA) is 15.3 Å². The summed E-state index contributed by atoms with van der Waals surface area (Å²) in [5.74, 6) is 0. The molecule has 0 aromatic heterocycles. The monoisotopic (exact) mass is 258 g/mol. The number of hydrogen-bond donors (Lipinski definition) is 1. The molecule has 1 N–H and O–H groups in total. The third-order valence-corrected chi connectivity index (χ3v) is 4.76. The minimum Gasteiger partial charge on any atom is -0.314 e. The minimum atomic E-state index is 0.779. The number of rotatable bonds is 4. The van der Waals surface area contributed by atoms with Crippen LogP contribution in [0.5, 0.6) is 0 Å². The number of nitrogens with one attached hydrogen (secondary N) is 1. The molecule has 2 heteroatoms. The summed E-state index contributed by atoms with van der Waals surface area (Å²) in [4.78, 5) is 2.70. The SMILES string of the molecule is CCCNC1CCC(N2Cc3ccccc3C2)CC1. The van der Waals surface area contributed by atoms with Gasteiger partial charge in [0.25, 0.3) is 0 Å². The highest BCUT2D eigenvalue weighted by Gasteiger charge is 2.29. The van der Waals surface area contributed by atoms with Crippen molar-refractivity contribution in [3.05, 3.63) is 35.4 Å². The van der Waals surface area contributed by atoms with E-state index in [-0.39, 0.29) is 0 Å². The number of nitrogens with zero attached hydrogens (tertiary/aromatic N) is 1. The molecule has 1 aliphatic carbocycles. The molecule has 0 bridgehead atoms. The second-order valence-electron chi connectivity index (χ2n) is 6.13. The Morgan fingerprint density at radius 3 is 2.26 bits per heavy atom. The zero-order valence-electron chi connectivity index (χ0n) is 12.1. The van der Waals surface area contributed by atoms with Gasteiger partial charge >= 0.3 is 0 Å². The summed E-state index contributed by atoms with van der Waals surface area (Å²) >= 11 is 0. The van der Waals surface area contributed by atoms with Crippen molar-refractivity contribution in [1.82, 2.24) is 10.2 Å². The normalized spacial score (nSPS) is 27.4. The van der Waals surface area contributed by atoms with Crippen LogP contribution in [0, 0.1) is 0 Å². The summed E-state index contributed by atoms with van der Waals surface area (Å²) in [5, 5.41) is 3.68. The number of benzene rings is 1. The molecule has 19 heavy (non-hydrogen) atoms. The van der Waals surface area contributed by atoms with E-state index in [9.17, 15) is 0 Å². The Kier molecular flexibility index (Phi) is 4.19. The fourth-order valence-corrected chi connectivity index (χ4v) is 3.61. The molecule has 0 radical (unpaired) electrons. The largest absolute Gasteiger partial charge is 0.314 e. The van der Waals surface area contributed by atoms with E-state index in [1.807, 2.05) is 0 Å². The van der Waals surface area contributed by atoms with Gasteiger partial charge < -0.3 is 5.32 Å². The molecular weight excluding hydrogens is 232 g/mol. The van der Waals surface area contributed by atoms with Gasteiger partial charge in [0, 0.05) is 25.2 Å². The summed E-state index contributed by atoms with van der Waals surface area (Å²) in [5.41, 5.74) is 3.10. The highest BCUT2D eigenvalue weighted by atomic mass is 15.2. The average Bonchev–Trinajstić information content (AvgIpc) is 2.89. The Morgan fingerprint density at radius 1 is 1.05 bits per heavy atom. The van der Waals surface area contributed by atoms with Gasteiger partial charge in [0.1, 0.15) is 0 Å². The second-order valence-corrected chi connectivity index (χ2v) is 6.13. The molecule has 1 aromatic carbocycles. The smallest absolute Gasteiger partial charge is 0.0243 e. The lowest BCUT2D eigenvalue weighted by Crippen LogP contribution is -2.40. The van der Waals surface area contributed by atoms with Crippen LogP contribution >= 0.6 is 0 Å². The summed E-state index contributed by atoms with van der Waals surface area (Å²) in [6.45, 7) is 5.78. The first-order chi connectivity index (χ1) is 9.36. The van der Waals surface area contributed by atoms with Crippen LogP contribution in [0.4, 0.5) is 0 Å². The van der Waals surface area contributed by atoms with Crippen molar-refractivity contribution in [1.29, 1.82) is 0 Å². The molecule has 1 heterocycles. The molecular formula is C17H26N2. The summed E-state index contributed by atoms with van der Waals surface area (Å²) in [7, 11) is 0. The van der Waals surface area contributed by atoms with Crippen LogP contribution in [-0.4, -0.2) is 23.5 Å². The zero-order valence-corrected chi connectivity index (χ0v) is 12.1. The molecule has 0 unspecified atom stereocenters. The van der Waals surface area contributed by atoms with Crippen LogP contribution in [0.15, 0.2) is 24.3 Å². The number of fused-ring (bicyclic) bond motifs is 1. The predicted molar refractivity (Wildman–Crippen MR) is 80.0 cm³/mol. The Bertz CT molecular complexity index is 382. The fourth-order valence-electron chi connectivity index (χ4n) is 3.61. The first kappa shape index (κ1) is 13.1. The maximum Gasteiger partial charge on any atom is 0.0243 e. The quantitative estimate of drug-likeness (QED) is 0.891. The van der Waals surface area contributed by atoms with Crippen molar-refractivity contribution in [3.63, 3.8) is 0 Å². The maximum absolute atomic E-state index is 3.68. The molecule has 0 spiro atoms. The first-order valence-corrected chi connectivity index (χ1v) is 7.91. The standard InChI is InChI=1S/C17H26N2/c1-2-11-18-16-7-9-17(10-8-16)19-12-14-5-3-4-6-15(14)13-19/h3-6,16-18H,2,7-13H2,1H3. The Labute approximate surface area is 117 Å². The van der Waals surface area contributed by atoms with Crippen molar-refractivity contribution in [2.24, 2.45) is 0 Å². The van der Waals surface area contributed by atoms with E-state index in [4.69, 9.17) is 0 Å². The van der Waals surface area contributed by atoms with E-state index in [2.05, 4.69) is 41.4 Å². The van der Waals surface area contributed by atoms with E-state index < -0.39 is 0 Å². The van der Waals surface area contributed by atoms with E-state index in [0.29, 0.717) is 0 Å². The van der Waals surface area contributed by atoms with Crippen molar-refractivity contribution in [3.8, 4) is 0 Å². The van der Waals surface area contributed by atoms with Gasteiger partial charge in [-0.3, -0.25) is 4.90 Å². The molecule has 2 nitrogen and oxygen atoms in total. The highest BCUT2D eigenvalue weighted by Crippen LogP contribution is 2.30. The first-order valence-electron chi connectivity index (χ1n) is 7.91.